The van der Waals surface area contributed by atoms with Gasteiger partial charge in [0.1, 0.15) is 0 Å². The molecule has 0 unspecified atom stereocenters. The zero-order valence-electron chi connectivity index (χ0n) is 7.31. The van der Waals surface area contributed by atoms with Gasteiger partial charge in [0.15, 0.2) is 0 Å². The second-order valence-electron chi connectivity index (χ2n) is 2.40. The molecule has 3 N–H and O–H groups in total. The lowest BCUT2D eigenvalue weighted by Gasteiger charge is -2.04. The summed E-state index contributed by atoms with van der Waals surface area (Å²) in [5, 5.41) is 9.61. The number of nitrogens with two attached hydrogens (primary N) is 1. The van der Waals surface area contributed by atoms with Crippen LogP contribution < -0.4 is 10.8 Å². The van der Waals surface area contributed by atoms with Crippen LogP contribution in [0.15, 0.2) is 0 Å². The van der Waals surface area contributed by atoms with E-state index >= 15 is 0 Å². The van der Waals surface area contributed by atoms with Crippen LogP contribution in [0.2, 0.25) is 0 Å². The molecular weight excluding hydrogens is 128 g/mol. The quantitative estimate of drug-likeness (QED) is 0.429. The highest BCUT2D eigenvalue weighted by Gasteiger charge is 1.75. The van der Waals surface area contributed by atoms with Crippen LogP contribution in [0.1, 0.15) is 26.2 Å². The van der Waals surface area contributed by atoms with Crippen molar-refractivity contribution >= 4 is 0 Å². The van der Waals surface area contributed by atoms with Crippen molar-refractivity contribution in [2.45, 2.75) is 26.2 Å². The zero-order chi connectivity index (χ0) is 8.41. The Morgan fingerprint density at radius 3 is 1.80 bits per heavy atom. The van der Waals surface area contributed by atoms with E-state index in [1.807, 2.05) is 0 Å². The molecule has 3 heteroatoms. The van der Waals surface area contributed by atoms with Crippen molar-refractivity contribution in [1.29, 1.82) is 0 Å². The van der Waals surface area contributed by atoms with Crippen LogP contribution in [-0.4, -0.2) is 20.6 Å². The van der Waals surface area contributed by atoms with Gasteiger partial charge in [-0.1, -0.05) is 19.8 Å². The molecule has 0 rings (SSSR count). The number of rotatable bonds is 3. The highest BCUT2D eigenvalue weighted by Crippen LogP contribution is 1.88. The van der Waals surface area contributed by atoms with Crippen LogP contribution in [0.5, 0.6) is 0 Å². The first-order chi connectivity index (χ1) is 4.65. The average Bonchev–Trinajstić information content (AvgIpc) is 1.82. The Morgan fingerprint density at radius 1 is 1.30 bits per heavy atom. The van der Waals surface area contributed by atoms with Gasteiger partial charge >= 0.3 is 0 Å². The first-order valence-electron chi connectivity index (χ1n) is 3.82. The fourth-order valence-electron chi connectivity index (χ4n) is 0.394. The summed E-state index contributed by atoms with van der Waals surface area (Å²) in [6.07, 6.45) is 3.75. The lowest BCUT2D eigenvalue weighted by molar-refractivity contribution is -0.802. The first kappa shape index (κ1) is 12.5. The minimum atomic E-state index is 0.167. The Kier molecular flexibility index (Phi) is 14.6. The van der Waals surface area contributed by atoms with E-state index < -0.39 is 0 Å². The highest BCUT2D eigenvalue weighted by atomic mass is 16.5. The normalized spacial score (nSPS) is 9.00. The van der Waals surface area contributed by atoms with Gasteiger partial charge in [-0.3, -0.25) is 0 Å². The fraction of sp³-hybridized carbons (Fsp3) is 1.00. The average molecular weight is 148 g/mol. The molecule has 0 atom stereocenters. The molecule has 0 amide bonds. The summed E-state index contributed by atoms with van der Waals surface area (Å²) in [7, 11) is 3.06. The molecule has 0 aromatic carbocycles. The Morgan fingerprint density at radius 2 is 1.70 bits per heavy atom. The number of quaternary nitrogens is 1. The monoisotopic (exact) mass is 148 g/mol. The Balaban J connectivity index is 0. The molecule has 0 aliphatic rings. The third-order valence-electron chi connectivity index (χ3n) is 0.808. The molecule has 0 aliphatic heterocycles. The number of hydrogen-bond donors (Lipinski definition) is 2. The van der Waals surface area contributed by atoms with E-state index in [1.165, 1.54) is 33.4 Å². The summed E-state index contributed by atoms with van der Waals surface area (Å²) in [5.74, 6) is 0. The van der Waals surface area contributed by atoms with Crippen LogP contribution in [0.3, 0.4) is 0 Å². The maximum Gasteiger partial charge on any atom is 0.0660 e. The van der Waals surface area contributed by atoms with Crippen LogP contribution in [0.25, 0.3) is 0 Å². The third kappa shape index (κ3) is 45.0. The molecule has 64 valence electrons. The van der Waals surface area contributed by atoms with Gasteiger partial charge in [-0.05, 0) is 13.0 Å². The summed E-state index contributed by atoms with van der Waals surface area (Å²) < 4.78 is 0. The molecule has 0 saturated carbocycles. The van der Waals surface area contributed by atoms with Crippen molar-refractivity contribution in [1.82, 2.24) is 0 Å². The van der Waals surface area contributed by atoms with Crippen molar-refractivity contribution in [2.24, 2.45) is 5.73 Å². The van der Waals surface area contributed by atoms with Crippen molar-refractivity contribution in [3.63, 3.8) is 0 Å². The highest BCUT2D eigenvalue weighted by molar-refractivity contribution is 4.34. The maximum absolute atomic E-state index is 9.44. The van der Waals surface area contributed by atoms with E-state index in [-0.39, 0.29) is 5.06 Å². The summed E-state index contributed by atoms with van der Waals surface area (Å²) >= 11 is 0. The maximum atomic E-state index is 9.44. The van der Waals surface area contributed by atoms with Crippen LogP contribution in [0, 0.1) is 5.21 Å². The number of nitrogens with one attached hydrogen (secondary N) is 1. The van der Waals surface area contributed by atoms with Gasteiger partial charge in [-0.25, -0.2) is 0 Å². The van der Waals surface area contributed by atoms with Crippen LogP contribution in [-0.2, 0) is 0 Å². The van der Waals surface area contributed by atoms with E-state index in [0.717, 1.165) is 6.54 Å². The number of hydroxylamine groups is 2. The van der Waals surface area contributed by atoms with Crippen LogP contribution >= 0.6 is 0 Å². The van der Waals surface area contributed by atoms with E-state index in [2.05, 4.69) is 6.92 Å². The topological polar surface area (TPSA) is 53.5 Å². The van der Waals surface area contributed by atoms with Crippen molar-refractivity contribution in [3.8, 4) is 0 Å². The van der Waals surface area contributed by atoms with Gasteiger partial charge in [-0.2, -0.15) is 0 Å². The van der Waals surface area contributed by atoms with Gasteiger partial charge < -0.3 is 16.0 Å². The number of hydrogen-bond acceptors (Lipinski definition) is 2. The molecule has 0 aliphatic carbocycles. The molecule has 0 radical (unpaired) electrons. The smallest absolute Gasteiger partial charge is 0.0660 e. The fourth-order valence-corrected chi connectivity index (χ4v) is 0.394. The van der Waals surface area contributed by atoms with E-state index in [9.17, 15) is 5.21 Å². The van der Waals surface area contributed by atoms with Gasteiger partial charge in [0.2, 0.25) is 0 Å². The van der Waals surface area contributed by atoms with Crippen molar-refractivity contribution < 1.29 is 5.06 Å². The molecule has 0 spiro atoms. The molecular formula is C7H20N2O. The molecule has 0 saturated heterocycles. The Bertz CT molecular complexity index is 42.1. The first-order valence-corrected chi connectivity index (χ1v) is 3.82. The van der Waals surface area contributed by atoms with E-state index in [1.54, 1.807) is 0 Å². The molecule has 10 heavy (non-hydrogen) atoms. The largest absolute Gasteiger partial charge is 0.635 e. The Hall–Kier alpha value is -0.120. The minimum absolute atomic E-state index is 0.167. The molecule has 0 fully saturated rings. The molecule has 0 heterocycles. The zero-order valence-corrected chi connectivity index (χ0v) is 7.31. The van der Waals surface area contributed by atoms with Gasteiger partial charge in [0, 0.05) is 0 Å². The SMILES string of the molecule is CCCCCN.C[NH+](C)[O-]. The molecule has 3 nitrogen and oxygen atoms in total. The third-order valence-corrected chi connectivity index (χ3v) is 0.808. The van der Waals surface area contributed by atoms with E-state index in [4.69, 9.17) is 5.73 Å². The lowest BCUT2D eigenvalue weighted by atomic mass is 10.3. The summed E-state index contributed by atoms with van der Waals surface area (Å²) in [5.41, 5.74) is 5.21. The minimum Gasteiger partial charge on any atom is -0.635 e. The molecule has 0 aromatic rings. The van der Waals surface area contributed by atoms with Gasteiger partial charge in [-0.15, -0.1) is 0 Å². The predicted octanol–water partition coefficient (Wildman–Crippen LogP) is -0.236. The van der Waals surface area contributed by atoms with Gasteiger partial charge in [0.25, 0.3) is 0 Å². The van der Waals surface area contributed by atoms with Crippen molar-refractivity contribution in [2.75, 3.05) is 20.6 Å². The van der Waals surface area contributed by atoms with E-state index in [0.29, 0.717) is 0 Å². The molecule has 0 bridgehead atoms. The summed E-state index contributed by atoms with van der Waals surface area (Å²) in [4.78, 5) is 0. The predicted molar refractivity (Wildman–Crippen MR) is 44.8 cm³/mol. The summed E-state index contributed by atoms with van der Waals surface area (Å²) in [6, 6.07) is 0. The Labute approximate surface area is 63.8 Å². The number of unbranched alkanes of at least 4 members (excludes halogenated alkanes) is 2. The lowest BCUT2D eigenvalue weighted by Crippen LogP contribution is -3.00. The van der Waals surface area contributed by atoms with Crippen LogP contribution in [0.4, 0.5) is 0 Å². The standard InChI is InChI=1S/C5H13N.C2H7NO/c1-2-3-4-5-6;1-3(2)4/h2-6H2,1H3;3H,1-2H3. The second kappa shape index (κ2) is 11.6. The van der Waals surface area contributed by atoms with Crippen molar-refractivity contribution in [3.05, 3.63) is 5.21 Å². The summed E-state index contributed by atoms with van der Waals surface area (Å²) in [6.45, 7) is 3.03. The van der Waals surface area contributed by atoms with Gasteiger partial charge in [0.05, 0.1) is 14.1 Å². The second-order valence-corrected chi connectivity index (χ2v) is 2.40. The molecule has 0 aromatic heterocycles.